The molecular weight excluding hydrogens is 304 g/mol. The summed E-state index contributed by atoms with van der Waals surface area (Å²) in [5.74, 6) is 0.655. The summed E-state index contributed by atoms with van der Waals surface area (Å²) in [5.41, 5.74) is -0.212. The SMILES string of the molecule is C[C@H](NC(=O)N(C)CC(C)(C)O)c1cc2cc(Cl)ccc2o1. The van der Waals surface area contributed by atoms with Crippen LogP contribution in [0.5, 0.6) is 0 Å². The van der Waals surface area contributed by atoms with Gasteiger partial charge in [0.05, 0.1) is 18.2 Å². The minimum Gasteiger partial charge on any atom is -0.459 e. The fraction of sp³-hybridized carbons (Fsp3) is 0.438. The van der Waals surface area contributed by atoms with Crippen molar-refractivity contribution in [3.63, 3.8) is 0 Å². The van der Waals surface area contributed by atoms with Gasteiger partial charge in [0.1, 0.15) is 11.3 Å². The minimum atomic E-state index is -0.939. The Bertz CT molecular complexity index is 676. The van der Waals surface area contributed by atoms with Crippen LogP contribution in [0.4, 0.5) is 4.79 Å². The lowest BCUT2D eigenvalue weighted by Gasteiger charge is -2.26. The van der Waals surface area contributed by atoms with Crippen LogP contribution in [0.2, 0.25) is 5.02 Å². The molecule has 0 bridgehead atoms. The Labute approximate surface area is 134 Å². The molecule has 0 fully saturated rings. The molecule has 120 valence electrons. The van der Waals surface area contributed by atoms with Crippen molar-refractivity contribution < 1.29 is 14.3 Å². The normalized spacial score (nSPS) is 13.2. The number of fused-ring (bicyclic) bond motifs is 1. The summed E-state index contributed by atoms with van der Waals surface area (Å²) in [7, 11) is 1.64. The number of carbonyl (C=O) groups is 1. The number of hydrogen-bond donors (Lipinski definition) is 2. The Morgan fingerprint density at radius 3 is 2.77 bits per heavy atom. The van der Waals surface area contributed by atoms with Crippen LogP contribution in [0.25, 0.3) is 11.0 Å². The van der Waals surface area contributed by atoms with Crippen molar-refractivity contribution in [2.45, 2.75) is 32.4 Å². The van der Waals surface area contributed by atoms with E-state index in [9.17, 15) is 9.90 Å². The van der Waals surface area contributed by atoms with Crippen LogP contribution < -0.4 is 5.32 Å². The molecule has 1 heterocycles. The Morgan fingerprint density at radius 2 is 2.14 bits per heavy atom. The number of likely N-dealkylation sites (N-methyl/N-ethyl adjacent to an activating group) is 1. The number of aliphatic hydroxyl groups is 1. The maximum absolute atomic E-state index is 12.1. The van der Waals surface area contributed by atoms with Crippen molar-refractivity contribution in [3.8, 4) is 0 Å². The maximum atomic E-state index is 12.1. The van der Waals surface area contributed by atoms with Gasteiger partial charge in [-0.3, -0.25) is 0 Å². The van der Waals surface area contributed by atoms with Gasteiger partial charge in [0.2, 0.25) is 0 Å². The van der Waals surface area contributed by atoms with E-state index in [0.717, 1.165) is 11.0 Å². The molecular formula is C16H21ClN2O3. The Balaban J connectivity index is 2.07. The molecule has 5 nitrogen and oxygen atoms in total. The smallest absolute Gasteiger partial charge is 0.317 e. The molecule has 0 radical (unpaired) electrons. The lowest BCUT2D eigenvalue weighted by Crippen LogP contribution is -2.45. The molecule has 22 heavy (non-hydrogen) atoms. The lowest BCUT2D eigenvalue weighted by molar-refractivity contribution is 0.0527. The van der Waals surface area contributed by atoms with Crippen molar-refractivity contribution in [1.29, 1.82) is 0 Å². The largest absolute Gasteiger partial charge is 0.459 e. The van der Waals surface area contributed by atoms with Gasteiger partial charge < -0.3 is 19.7 Å². The lowest BCUT2D eigenvalue weighted by atomic mass is 10.1. The standard InChI is InChI=1S/C16H21ClN2O3/c1-10(18-15(20)19(4)9-16(2,3)21)14-8-11-7-12(17)5-6-13(11)22-14/h5-8,10,21H,9H2,1-4H3,(H,18,20)/t10-/m0/s1. The van der Waals surface area contributed by atoms with E-state index in [0.29, 0.717) is 10.8 Å². The summed E-state index contributed by atoms with van der Waals surface area (Å²) in [6.45, 7) is 5.39. The number of nitrogens with one attached hydrogen (secondary N) is 1. The number of amides is 2. The highest BCUT2D eigenvalue weighted by molar-refractivity contribution is 6.31. The van der Waals surface area contributed by atoms with Crippen LogP contribution in [-0.2, 0) is 0 Å². The van der Waals surface area contributed by atoms with E-state index in [4.69, 9.17) is 16.0 Å². The average molecular weight is 325 g/mol. The van der Waals surface area contributed by atoms with Crippen LogP contribution >= 0.6 is 11.6 Å². The Morgan fingerprint density at radius 1 is 1.45 bits per heavy atom. The van der Waals surface area contributed by atoms with Crippen molar-refractivity contribution in [1.82, 2.24) is 10.2 Å². The molecule has 0 aliphatic rings. The van der Waals surface area contributed by atoms with Gasteiger partial charge in [-0.2, -0.15) is 0 Å². The van der Waals surface area contributed by atoms with Crippen LogP contribution in [-0.4, -0.2) is 35.2 Å². The van der Waals surface area contributed by atoms with Crippen molar-refractivity contribution in [3.05, 3.63) is 35.0 Å². The molecule has 0 unspecified atom stereocenters. The number of nitrogens with zero attached hydrogens (tertiary/aromatic N) is 1. The third kappa shape index (κ3) is 4.15. The molecule has 2 N–H and O–H groups in total. The van der Waals surface area contributed by atoms with Gasteiger partial charge in [0, 0.05) is 17.5 Å². The molecule has 2 amide bonds. The number of furan rings is 1. The van der Waals surface area contributed by atoms with E-state index in [1.165, 1.54) is 4.90 Å². The van der Waals surface area contributed by atoms with E-state index < -0.39 is 5.60 Å². The first-order valence-electron chi connectivity index (χ1n) is 7.09. The number of halogens is 1. The van der Waals surface area contributed by atoms with Crippen LogP contribution in [0.3, 0.4) is 0 Å². The zero-order valence-corrected chi connectivity index (χ0v) is 13.9. The van der Waals surface area contributed by atoms with E-state index in [1.807, 2.05) is 19.1 Å². The molecule has 0 saturated carbocycles. The van der Waals surface area contributed by atoms with Crippen molar-refractivity contribution in [2.24, 2.45) is 0 Å². The molecule has 1 aromatic carbocycles. The number of hydrogen-bond acceptors (Lipinski definition) is 3. The van der Waals surface area contributed by atoms with Gasteiger partial charge in [-0.25, -0.2) is 4.79 Å². The first-order valence-corrected chi connectivity index (χ1v) is 7.46. The summed E-state index contributed by atoms with van der Waals surface area (Å²) < 4.78 is 5.73. The third-order valence-corrected chi connectivity index (χ3v) is 3.47. The molecule has 1 aromatic heterocycles. The van der Waals surface area contributed by atoms with Gasteiger partial charge in [-0.1, -0.05) is 11.6 Å². The quantitative estimate of drug-likeness (QED) is 0.903. The monoisotopic (exact) mass is 324 g/mol. The van der Waals surface area contributed by atoms with Gasteiger partial charge >= 0.3 is 6.03 Å². The third-order valence-electron chi connectivity index (χ3n) is 3.23. The van der Waals surface area contributed by atoms with E-state index in [1.54, 1.807) is 33.0 Å². The zero-order valence-electron chi connectivity index (χ0n) is 13.2. The molecule has 2 aromatic rings. The van der Waals surface area contributed by atoms with Crippen LogP contribution in [0.15, 0.2) is 28.7 Å². The Hall–Kier alpha value is -1.72. The fourth-order valence-corrected chi connectivity index (χ4v) is 2.45. The second kappa shape index (κ2) is 6.18. The molecule has 6 heteroatoms. The first-order chi connectivity index (χ1) is 10.2. The second-order valence-electron chi connectivity index (χ2n) is 6.17. The summed E-state index contributed by atoms with van der Waals surface area (Å²) in [6, 6.07) is 6.69. The van der Waals surface area contributed by atoms with Crippen molar-refractivity contribution >= 4 is 28.6 Å². The highest BCUT2D eigenvalue weighted by Crippen LogP contribution is 2.26. The summed E-state index contributed by atoms with van der Waals surface area (Å²) in [6.07, 6.45) is 0. The zero-order chi connectivity index (χ0) is 16.5. The molecule has 1 atom stereocenters. The van der Waals surface area contributed by atoms with Gasteiger partial charge in [0.15, 0.2) is 0 Å². The highest BCUT2D eigenvalue weighted by Gasteiger charge is 2.21. The van der Waals surface area contributed by atoms with E-state index in [-0.39, 0.29) is 18.6 Å². The predicted octanol–water partition coefficient (Wildman–Crippen LogP) is 3.56. The molecule has 0 spiro atoms. The Kier molecular flexibility index (Phi) is 4.68. The van der Waals surface area contributed by atoms with Gasteiger partial charge in [-0.05, 0) is 45.0 Å². The number of carbonyl (C=O) groups excluding carboxylic acids is 1. The number of urea groups is 1. The number of rotatable bonds is 4. The highest BCUT2D eigenvalue weighted by atomic mass is 35.5. The molecule has 0 saturated heterocycles. The fourth-order valence-electron chi connectivity index (χ4n) is 2.27. The second-order valence-corrected chi connectivity index (χ2v) is 6.61. The average Bonchev–Trinajstić information content (AvgIpc) is 2.79. The minimum absolute atomic E-state index is 0.237. The summed E-state index contributed by atoms with van der Waals surface area (Å²) in [5, 5.41) is 14.1. The van der Waals surface area contributed by atoms with Crippen LogP contribution in [0.1, 0.15) is 32.6 Å². The first kappa shape index (κ1) is 16.6. The molecule has 0 aliphatic heterocycles. The van der Waals surface area contributed by atoms with Gasteiger partial charge in [0.25, 0.3) is 0 Å². The summed E-state index contributed by atoms with van der Waals surface area (Å²) in [4.78, 5) is 13.6. The molecule has 0 aliphatic carbocycles. The van der Waals surface area contributed by atoms with Gasteiger partial charge in [-0.15, -0.1) is 0 Å². The van der Waals surface area contributed by atoms with Crippen molar-refractivity contribution in [2.75, 3.05) is 13.6 Å². The van der Waals surface area contributed by atoms with E-state index in [2.05, 4.69) is 5.32 Å². The summed E-state index contributed by atoms with van der Waals surface area (Å²) >= 11 is 5.95. The maximum Gasteiger partial charge on any atom is 0.317 e. The number of benzene rings is 1. The predicted molar refractivity (Wildman–Crippen MR) is 87.1 cm³/mol. The molecule has 2 rings (SSSR count). The van der Waals surface area contributed by atoms with Crippen LogP contribution in [0, 0.1) is 0 Å². The topological polar surface area (TPSA) is 65.7 Å². The van der Waals surface area contributed by atoms with E-state index >= 15 is 0 Å².